The number of rotatable bonds is 8. The summed E-state index contributed by atoms with van der Waals surface area (Å²) in [6.45, 7) is 0. The molecule has 0 atom stereocenters. The third-order valence-electron chi connectivity index (χ3n) is 2.72. The molecule has 1 aromatic rings. The highest BCUT2D eigenvalue weighted by Gasteiger charge is 2.19. The molecule has 4 heteroatoms. The largest absolute Gasteiger partial charge is 0.330 e. The molecule has 0 aliphatic heterocycles. The minimum Gasteiger partial charge on any atom is -0.312 e. The fraction of sp³-hybridized carbons (Fsp3) is 0.429. The summed E-state index contributed by atoms with van der Waals surface area (Å²) < 4.78 is 21.5. The van der Waals surface area contributed by atoms with Gasteiger partial charge in [-0.1, -0.05) is 42.5 Å². The summed E-state index contributed by atoms with van der Waals surface area (Å²) in [5.74, 6) is 0. The number of benzene rings is 1. The van der Waals surface area contributed by atoms with E-state index in [1.165, 1.54) is 19.8 Å². The van der Waals surface area contributed by atoms with Gasteiger partial charge in [0.2, 0.25) is 0 Å². The van der Waals surface area contributed by atoms with Gasteiger partial charge in [0.1, 0.15) is 0 Å². The third kappa shape index (κ3) is 5.63. The van der Waals surface area contributed by atoms with Crippen molar-refractivity contribution in [2.75, 3.05) is 20.4 Å². The maximum absolute atomic E-state index is 11.7. The molecule has 0 bridgehead atoms. The molecule has 100 valence electrons. The van der Waals surface area contributed by atoms with Gasteiger partial charge >= 0.3 is 7.60 Å². The summed E-state index contributed by atoms with van der Waals surface area (Å²) >= 11 is 0. The molecule has 0 amide bonds. The van der Waals surface area contributed by atoms with Crippen molar-refractivity contribution < 1.29 is 13.6 Å². The number of allylic oxidation sites excluding steroid dienone is 1. The molecular weight excluding hydrogens is 247 g/mol. The summed E-state index contributed by atoms with van der Waals surface area (Å²) in [4.78, 5) is 0. The molecule has 0 heterocycles. The van der Waals surface area contributed by atoms with E-state index < -0.39 is 7.60 Å². The van der Waals surface area contributed by atoms with E-state index in [1.807, 2.05) is 18.2 Å². The maximum atomic E-state index is 11.7. The normalized spacial score (nSPS) is 12.1. The smallest absolute Gasteiger partial charge is 0.312 e. The Balaban J connectivity index is 2.20. The quantitative estimate of drug-likeness (QED) is 0.519. The molecule has 0 N–H and O–H groups in total. The van der Waals surface area contributed by atoms with Crippen LogP contribution in [0.15, 0.2) is 36.4 Å². The predicted octanol–water partition coefficient (Wildman–Crippen LogP) is 4.36. The van der Waals surface area contributed by atoms with Crippen molar-refractivity contribution in [2.45, 2.75) is 19.3 Å². The molecule has 1 aromatic carbocycles. The maximum Gasteiger partial charge on any atom is 0.330 e. The van der Waals surface area contributed by atoms with Crippen LogP contribution >= 0.6 is 7.60 Å². The van der Waals surface area contributed by atoms with Gasteiger partial charge in [-0.25, -0.2) is 0 Å². The van der Waals surface area contributed by atoms with Gasteiger partial charge in [-0.3, -0.25) is 4.57 Å². The van der Waals surface area contributed by atoms with Crippen LogP contribution in [0, 0.1) is 0 Å². The van der Waals surface area contributed by atoms with Crippen LogP contribution in [0.2, 0.25) is 0 Å². The lowest BCUT2D eigenvalue weighted by molar-refractivity contribution is 0.275. The van der Waals surface area contributed by atoms with Crippen molar-refractivity contribution in [1.82, 2.24) is 0 Å². The molecule has 0 spiro atoms. The molecule has 1 rings (SSSR count). The second kappa shape index (κ2) is 8.25. The van der Waals surface area contributed by atoms with Crippen molar-refractivity contribution >= 4 is 13.7 Å². The van der Waals surface area contributed by atoms with E-state index in [4.69, 9.17) is 9.05 Å². The van der Waals surface area contributed by atoms with E-state index in [0.29, 0.717) is 6.16 Å². The van der Waals surface area contributed by atoms with Crippen molar-refractivity contribution in [3.05, 3.63) is 42.0 Å². The molecule has 0 unspecified atom stereocenters. The first-order valence-electron chi connectivity index (χ1n) is 6.12. The van der Waals surface area contributed by atoms with E-state index in [-0.39, 0.29) is 0 Å². The lowest BCUT2D eigenvalue weighted by Gasteiger charge is -2.12. The zero-order valence-corrected chi connectivity index (χ0v) is 11.9. The number of hydrogen-bond acceptors (Lipinski definition) is 3. The van der Waals surface area contributed by atoms with Gasteiger partial charge in [-0.2, -0.15) is 0 Å². The van der Waals surface area contributed by atoms with E-state index in [2.05, 4.69) is 24.3 Å². The predicted molar refractivity (Wildman–Crippen MR) is 75.8 cm³/mol. The highest BCUT2D eigenvalue weighted by Crippen LogP contribution is 2.47. The molecule has 0 aliphatic rings. The van der Waals surface area contributed by atoms with Gasteiger partial charge in [-0.05, 0) is 24.8 Å². The molecule has 0 radical (unpaired) electrons. The topological polar surface area (TPSA) is 35.5 Å². The Morgan fingerprint density at radius 1 is 1.11 bits per heavy atom. The van der Waals surface area contributed by atoms with Crippen LogP contribution in [0.1, 0.15) is 24.8 Å². The highest BCUT2D eigenvalue weighted by atomic mass is 31.2. The summed E-state index contributed by atoms with van der Waals surface area (Å²) in [6.07, 6.45) is 7.53. The van der Waals surface area contributed by atoms with Gasteiger partial charge in [-0.15, -0.1) is 0 Å². The van der Waals surface area contributed by atoms with Gasteiger partial charge in [0.05, 0.1) is 6.16 Å². The van der Waals surface area contributed by atoms with Crippen LogP contribution in [-0.2, 0) is 13.6 Å². The first-order chi connectivity index (χ1) is 8.70. The van der Waals surface area contributed by atoms with Crippen LogP contribution in [0.4, 0.5) is 0 Å². The van der Waals surface area contributed by atoms with Gasteiger partial charge in [0.25, 0.3) is 0 Å². The Bertz CT molecular complexity index is 393. The van der Waals surface area contributed by atoms with Crippen LogP contribution < -0.4 is 0 Å². The Kier molecular flexibility index (Phi) is 6.96. The van der Waals surface area contributed by atoms with Crippen LogP contribution in [-0.4, -0.2) is 20.4 Å². The van der Waals surface area contributed by atoms with Crippen LogP contribution in [0.5, 0.6) is 0 Å². The van der Waals surface area contributed by atoms with Crippen LogP contribution in [0.25, 0.3) is 6.08 Å². The molecular formula is C14H21O3P. The summed E-state index contributed by atoms with van der Waals surface area (Å²) in [6, 6.07) is 10.2. The average Bonchev–Trinajstić information content (AvgIpc) is 2.43. The first-order valence-corrected chi connectivity index (χ1v) is 7.85. The van der Waals surface area contributed by atoms with Crippen molar-refractivity contribution in [2.24, 2.45) is 0 Å². The fourth-order valence-electron chi connectivity index (χ4n) is 1.61. The average molecular weight is 268 g/mol. The Labute approximate surface area is 109 Å². The van der Waals surface area contributed by atoms with Crippen molar-refractivity contribution in [3.8, 4) is 0 Å². The minimum absolute atomic E-state index is 0.485. The Morgan fingerprint density at radius 2 is 1.78 bits per heavy atom. The lowest BCUT2D eigenvalue weighted by atomic mass is 10.2. The van der Waals surface area contributed by atoms with Gasteiger partial charge < -0.3 is 9.05 Å². The molecule has 0 saturated carbocycles. The molecule has 0 aliphatic carbocycles. The fourth-order valence-corrected chi connectivity index (χ4v) is 2.73. The monoisotopic (exact) mass is 268 g/mol. The lowest BCUT2D eigenvalue weighted by Crippen LogP contribution is -1.94. The number of hydrogen-bond donors (Lipinski definition) is 0. The van der Waals surface area contributed by atoms with E-state index in [0.717, 1.165) is 19.3 Å². The van der Waals surface area contributed by atoms with E-state index in [1.54, 1.807) is 0 Å². The van der Waals surface area contributed by atoms with Crippen LogP contribution in [0.3, 0.4) is 0 Å². The zero-order valence-electron chi connectivity index (χ0n) is 11.0. The Morgan fingerprint density at radius 3 is 2.39 bits per heavy atom. The molecule has 0 aromatic heterocycles. The van der Waals surface area contributed by atoms with Gasteiger partial charge in [0, 0.05) is 14.2 Å². The van der Waals surface area contributed by atoms with E-state index >= 15 is 0 Å². The molecule has 0 fully saturated rings. The van der Waals surface area contributed by atoms with Crippen molar-refractivity contribution in [3.63, 3.8) is 0 Å². The Hall–Kier alpha value is -0.890. The van der Waals surface area contributed by atoms with E-state index in [9.17, 15) is 4.57 Å². The first kappa shape index (κ1) is 15.2. The SMILES string of the molecule is COP(=O)(CCCCC=Cc1ccccc1)OC. The standard InChI is InChI=1S/C14H21O3P/c1-16-18(15,17-2)13-9-4-3-6-10-14-11-7-5-8-12-14/h5-8,10-12H,3-4,9,13H2,1-2H3. The second-order valence-electron chi connectivity index (χ2n) is 4.01. The van der Waals surface area contributed by atoms with Gasteiger partial charge in [0.15, 0.2) is 0 Å². The summed E-state index contributed by atoms with van der Waals surface area (Å²) in [7, 11) is 0.0484. The van der Waals surface area contributed by atoms with Crippen molar-refractivity contribution in [1.29, 1.82) is 0 Å². The minimum atomic E-state index is -2.81. The summed E-state index contributed by atoms with van der Waals surface area (Å²) in [5, 5.41) is 0. The molecule has 0 saturated heterocycles. The highest BCUT2D eigenvalue weighted by molar-refractivity contribution is 7.53. The second-order valence-corrected chi connectivity index (χ2v) is 6.41. The molecule has 18 heavy (non-hydrogen) atoms. The third-order valence-corrected chi connectivity index (χ3v) is 4.70. The number of unbranched alkanes of at least 4 members (excludes halogenated alkanes) is 2. The molecule has 3 nitrogen and oxygen atoms in total. The zero-order chi connectivity index (χ0) is 13.3. The summed E-state index contributed by atoms with van der Waals surface area (Å²) in [5.41, 5.74) is 1.21.